The van der Waals surface area contributed by atoms with E-state index in [1.54, 1.807) is 0 Å². The van der Waals surface area contributed by atoms with Crippen LogP contribution in [0.3, 0.4) is 0 Å². The van der Waals surface area contributed by atoms with Crippen LogP contribution in [-0.2, 0) is 24.0 Å². The first-order valence-corrected chi connectivity index (χ1v) is 12.9. The number of unbranched alkanes of at least 4 members (excludes halogenated alkanes) is 1. The summed E-state index contributed by atoms with van der Waals surface area (Å²) in [6.07, 6.45) is 4.39. The zero-order valence-electron chi connectivity index (χ0n) is 19.5. The molecule has 0 bridgehead atoms. The van der Waals surface area contributed by atoms with Gasteiger partial charge in [0, 0.05) is 6.42 Å². The van der Waals surface area contributed by atoms with Gasteiger partial charge in [0.15, 0.2) is 0 Å². The standard InChI is InChI=1S/C21H37N5O7S/c1-34-12-9-15(25-18(29)13-6-4-11-23-13)20(31)24-14(5-2-3-10-22)19(30)26-16(21(32)33)7-8-17(27)28/h13-16,23H,2-12,22H2,1H3,(H,24,31)(H,25,29)(H,26,30)(H,27,28)(H,32,33)/t13-,14-,15-,16-/m0/s1. The summed E-state index contributed by atoms with van der Waals surface area (Å²) in [5, 5.41) is 29.0. The molecular formula is C21H37N5O7S. The van der Waals surface area contributed by atoms with Crippen LogP contribution < -0.4 is 27.0 Å². The molecule has 3 amide bonds. The number of nitrogens with one attached hydrogen (secondary N) is 4. The molecule has 0 aliphatic carbocycles. The maximum Gasteiger partial charge on any atom is 0.326 e. The minimum absolute atomic E-state index is 0.216. The lowest BCUT2D eigenvalue weighted by molar-refractivity contribution is -0.143. The monoisotopic (exact) mass is 503 g/mol. The van der Waals surface area contributed by atoms with E-state index in [0.717, 1.165) is 13.0 Å². The van der Waals surface area contributed by atoms with Gasteiger partial charge < -0.3 is 37.2 Å². The Balaban J connectivity index is 2.89. The number of rotatable bonds is 17. The van der Waals surface area contributed by atoms with Crippen molar-refractivity contribution in [2.45, 2.75) is 75.5 Å². The quantitative estimate of drug-likeness (QED) is 0.121. The molecule has 1 rings (SSSR count). The molecule has 1 saturated heterocycles. The highest BCUT2D eigenvalue weighted by atomic mass is 32.2. The van der Waals surface area contributed by atoms with Gasteiger partial charge in [-0.25, -0.2) is 4.79 Å². The second-order valence-corrected chi connectivity index (χ2v) is 9.15. The molecule has 0 saturated carbocycles. The molecule has 1 aliphatic rings. The number of hydrogen-bond acceptors (Lipinski definition) is 8. The van der Waals surface area contributed by atoms with Gasteiger partial charge in [0.1, 0.15) is 18.1 Å². The van der Waals surface area contributed by atoms with E-state index in [9.17, 15) is 29.1 Å². The molecule has 1 heterocycles. The van der Waals surface area contributed by atoms with E-state index >= 15 is 0 Å². The number of carbonyl (C=O) groups is 5. The van der Waals surface area contributed by atoms with Gasteiger partial charge in [-0.2, -0.15) is 11.8 Å². The molecule has 0 aromatic rings. The zero-order chi connectivity index (χ0) is 25.5. The van der Waals surface area contributed by atoms with Crippen LogP contribution in [-0.4, -0.2) is 89.1 Å². The predicted octanol–water partition coefficient (Wildman–Crippen LogP) is -0.976. The molecule has 1 fully saturated rings. The number of aliphatic carboxylic acids is 2. The first-order valence-electron chi connectivity index (χ1n) is 11.5. The zero-order valence-corrected chi connectivity index (χ0v) is 20.3. The summed E-state index contributed by atoms with van der Waals surface area (Å²) >= 11 is 1.51. The molecular weight excluding hydrogens is 466 g/mol. The SMILES string of the molecule is CSCC[C@H](NC(=O)[C@@H]1CCCN1)C(=O)N[C@@H](CCCCN)C(=O)N[C@@H](CCC(=O)O)C(=O)O. The smallest absolute Gasteiger partial charge is 0.326 e. The second kappa shape index (κ2) is 16.3. The number of carboxylic acid groups (broad SMARTS) is 2. The van der Waals surface area contributed by atoms with Gasteiger partial charge in [-0.05, 0) is 70.0 Å². The Labute approximate surface area is 203 Å². The van der Waals surface area contributed by atoms with Crippen molar-refractivity contribution in [1.29, 1.82) is 0 Å². The summed E-state index contributed by atoms with van der Waals surface area (Å²) in [5.41, 5.74) is 5.52. The highest BCUT2D eigenvalue weighted by molar-refractivity contribution is 7.98. The number of amides is 3. The minimum atomic E-state index is -1.40. The lowest BCUT2D eigenvalue weighted by Gasteiger charge is -2.25. The topological polar surface area (TPSA) is 200 Å². The molecule has 0 spiro atoms. The number of hydrogen-bond donors (Lipinski definition) is 7. The Morgan fingerprint density at radius 3 is 2.15 bits per heavy atom. The van der Waals surface area contributed by atoms with Crippen LogP contribution in [0.2, 0.25) is 0 Å². The Morgan fingerprint density at radius 2 is 1.62 bits per heavy atom. The first kappa shape index (κ1) is 29.7. The normalized spacial score (nSPS) is 17.9. The van der Waals surface area contributed by atoms with Crippen molar-refractivity contribution in [2.24, 2.45) is 5.73 Å². The fourth-order valence-corrected chi connectivity index (χ4v) is 3.99. The van der Waals surface area contributed by atoms with E-state index in [1.165, 1.54) is 11.8 Å². The average Bonchev–Trinajstić information content (AvgIpc) is 3.33. The maximum atomic E-state index is 13.0. The highest BCUT2D eigenvalue weighted by Gasteiger charge is 2.31. The molecule has 8 N–H and O–H groups in total. The van der Waals surface area contributed by atoms with E-state index in [0.29, 0.717) is 38.0 Å². The van der Waals surface area contributed by atoms with E-state index < -0.39 is 48.3 Å². The minimum Gasteiger partial charge on any atom is -0.481 e. The van der Waals surface area contributed by atoms with Crippen LogP contribution in [0, 0.1) is 0 Å². The molecule has 194 valence electrons. The third-order valence-corrected chi connectivity index (χ3v) is 6.11. The first-order chi connectivity index (χ1) is 16.2. The molecule has 4 atom stereocenters. The average molecular weight is 504 g/mol. The van der Waals surface area contributed by atoms with E-state index in [4.69, 9.17) is 10.8 Å². The predicted molar refractivity (Wildman–Crippen MR) is 127 cm³/mol. The maximum absolute atomic E-state index is 13.0. The number of nitrogens with two attached hydrogens (primary N) is 1. The molecule has 12 nitrogen and oxygen atoms in total. The van der Waals surface area contributed by atoms with E-state index in [2.05, 4.69) is 21.3 Å². The van der Waals surface area contributed by atoms with Gasteiger partial charge in [0.05, 0.1) is 6.04 Å². The summed E-state index contributed by atoms with van der Waals surface area (Å²) in [4.78, 5) is 60.6. The molecule has 13 heteroatoms. The molecule has 34 heavy (non-hydrogen) atoms. The summed E-state index contributed by atoms with van der Waals surface area (Å²) in [5.74, 6) is -3.48. The van der Waals surface area contributed by atoms with Gasteiger partial charge in [0.25, 0.3) is 0 Å². The van der Waals surface area contributed by atoms with Crippen LogP contribution in [0.15, 0.2) is 0 Å². The van der Waals surface area contributed by atoms with Gasteiger partial charge in [-0.3, -0.25) is 19.2 Å². The number of carboxylic acids is 2. The third-order valence-electron chi connectivity index (χ3n) is 5.46. The fourth-order valence-electron chi connectivity index (χ4n) is 3.52. The Morgan fingerprint density at radius 1 is 0.971 bits per heavy atom. The van der Waals surface area contributed by atoms with Crippen molar-refractivity contribution in [3.05, 3.63) is 0 Å². The van der Waals surface area contributed by atoms with Crippen molar-refractivity contribution < 1.29 is 34.2 Å². The van der Waals surface area contributed by atoms with Crippen LogP contribution in [0.25, 0.3) is 0 Å². The fraction of sp³-hybridized carbons (Fsp3) is 0.762. The van der Waals surface area contributed by atoms with Crippen molar-refractivity contribution in [3.63, 3.8) is 0 Å². The van der Waals surface area contributed by atoms with Crippen LogP contribution >= 0.6 is 11.8 Å². The van der Waals surface area contributed by atoms with Crippen molar-refractivity contribution in [1.82, 2.24) is 21.3 Å². The third kappa shape index (κ3) is 11.2. The van der Waals surface area contributed by atoms with Crippen LogP contribution in [0.5, 0.6) is 0 Å². The van der Waals surface area contributed by atoms with Gasteiger partial charge in [-0.15, -0.1) is 0 Å². The van der Waals surface area contributed by atoms with Crippen LogP contribution in [0.4, 0.5) is 0 Å². The van der Waals surface area contributed by atoms with Crippen LogP contribution in [0.1, 0.15) is 51.4 Å². The molecule has 1 aliphatic heterocycles. The Bertz CT molecular complexity index is 703. The van der Waals surface area contributed by atoms with Gasteiger partial charge in [0.2, 0.25) is 17.7 Å². The van der Waals surface area contributed by atoms with E-state index in [1.807, 2.05) is 6.26 Å². The number of carbonyl (C=O) groups excluding carboxylic acids is 3. The summed E-state index contributed by atoms with van der Waals surface area (Å²) < 4.78 is 0. The van der Waals surface area contributed by atoms with Gasteiger partial charge >= 0.3 is 11.9 Å². The van der Waals surface area contributed by atoms with Gasteiger partial charge in [-0.1, -0.05) is 0 Å². The Hall–Kier alpha value is -2.38. The molecule has 0 radical (unpaired) electrons. The summed E-state index contributed by atoms with van der Waals surface area (Å²) in [7, 11) is 0. The lowest BCUT2D eigenvalue weighted by atomic mass is 10.1. The largest absolute Gasteiger partial charge is 0.481 e. The lowest BCUT2D eigenvalue weighted by Crippen LogP contribution is -2.57. The highest BCUT2D eigenvalue weighted by Crippen LogP contribution is 2.09. The summed E-state index contributed by atoms with van der Waals surface area (Å²) in [6, 6.07) is -3.67. The summed E-state index contributed by atoms with van der Waals surface area (Å²) in [6.45, 7) is 1.12. The van der Waals surface area contributed by atoms with Crippen molar-refractivity contribution >= 4 is 41.4 Å². The number of thioether (sulfide) groups is 1. The van der Waals surface area contributed by atoms with E-state index in [-0.39, 0.29) is 24.8 Å². The van der Waals surface area contributed by atoms with Crippen molar-refractivity contribution in [3.8, 4) is 0 Å². The molecule has 0 aromatic heterocycles. The van der Waals surface area contributed by atoms with Crippen molar-refractivity contribution in [2.75, 3.05) is 25.1 Å². The molecule has 0 aromatic carbocycles. The Kier molecular flexibility index (Phi) is 14.2. The second-order valence-electron chi connectivity index (χ2n) is 8.17. The molecule has 0 unspecified atom stereocenters.